The Labute approximate surface area is 183 Å². The van der Waals surface area contributed by atoms with Crippen LogP contribution in [0.25, 0.3) is 0 Å². The number of halogens is 2. The lowest BCUT2D eigenvalue weighted by Crippen LogP contribution is -2.57. The number of amides is 2. The Morgan fingerprint density at radius 2 is 2.10 bits per heavy atom. The molecule has 29 heavy (non-hydrogen) atoms. The summed E-state index contributed by atoms with van der Waals surface area (Å²) in [4.78, 5) is 32.0. The van der Waals surface area contributed by atoms with E-state index in [-0.39, 0.29) is 60.5 Å². The van der Waals surface area contributed by atoms with Gasteiger partial charge in [0, 0.05) is 57.6 Å². The molecule has 2 saturated heterocycles. The van der Waals surface area contributed by atoms with Gasteiger partial charge in [-0.2, -0.15) is 0 Å². The Morgan fingerprint density at radius 3 is 2.79 bits per heavy atom. The van der Waals surface area contributed by atoms with Crippen LogP contribution in [0.4, 0.5) is 0 Å². The predicted molar refractivity (Wildman–Crippen MR) is 113 cm³/mol. The number of hydrogen-bond acceptors (Lipinski definition) is 6. The number of nitrogens with one attached hydrogen (secondary N) is 2. The summed E-state index contributed by atoms with van der Waals surface area (Å²) in [6, 6.07) is 3.05. The topological polar surface area (TPSA) is 112 Å². The van der Waals surface area contributed by atoms with Crippen molar-refractivity contribution in [2.75, 3.05) is 39.3 Å². The van der Waals surface area contributed by atoms with Gasteiger partial charge in [0.25, 0.3) is 0 Å². The van der Waals surface area contributed by atoms with E-state index in [4.69, 9.17) is 0 Å². The minimum atomic E-state index is -3.66. The third kappa shape index (κ3) is 6.78. The Morgan fingerprint density at radius 1 is 1.31 bits per heavy atom. The smallest absolute Gasteiger partial charge is 0.242 e. The fourth-order valence-corrected chi connectivity index (χ4v) is 4.48. The second-order valence-electron chi connectivity index (χ2n) is 6.74. The second kappa shape index (κ2) is 11.7. The molecule has 0 spiro atoms. The lowest BCUT2D eigenvalue weighted by atomic mass is 10.0. The molecule has 0 aliphatic carbocycles. The van der Waals surface area contributed by atoms with Gasteiger partial charge in [-0.3, -0.25) is 14.6 Å². The highest BCUT2D eigenvalue weighted by molar-refractivity contribution is 7.89. The van der Waals surface area contributed by atoms with Crippen molar-refractivity contribution in [3.05, 3.63) is 24.5 Å². The summed E-state index contributed by atoms with van der Waals surface area (Å²) in [7, 11) is -3.66. The van der Waals surface area contributed by atoms with Crippen LogP contribution in [0.2, 0.25) is 0 Å². The molecular weight excluding hydrogens is 441 g/mol. The Kier molecular flexibility index (Phi) is 10.3. The number of likely N-dealkylation sites (tertiary alicyclic amines) is 1. The van der Waals surface area contributed by atoms with Gasteiger partial charge in [0.1, 0.15) is 4.90 Å². The van der Waals surface area contributed by atoms with Gasteiger partial charge in [0.15, 0.2) is 0 Å². The molecule has 1 aromatic rings. The molecule has 2 fully saturated rings. The van der Waals surface area contributed by atoms with E-state index < -0.39 is 10.0 Å². The first-order valence-electron chi connectivity index (χ1n) is 9.15. The Balaban J connectivity index is 0.00000210. The molecule has 9 nitrogen and oxygen atoms in total. The van der Waals surface area contributed by atoms with Crippen molar-refractivity contribution in [2.24, 2.45) is 0 Å². The van der Waals surface area contributed by atoms with Gasteiger partial charge in [0.05, 0.1) is 6.54 Å². The van der Waals surface area contributed by atoms with E-state index in [1.807, 2.05) is 4.90 Å². The largest absolute Gasteiger partial charge is 0.341 e. The first-order valence-corrected chi connectivity index (χ1v) is 10.6. The van der Waals surface area contributed by atoms with Crippen LogP contribution in [0.5, 0.6) is 0 Å². The highest BCUT2D eigenvalue weighted by atomic mass is 35.5. The zero-order valence-corrected chi connectivity index (χ0v) is 18.4. The molecule has 1 aromatic heterocycles. The summed E-state index contributed by atoms with van der Waals surface area (Å²) in [6.45, 7) is 2.97. The number of aromatic nitrogens is 1. The van der Waals surface area contributed by atoms with Gasteiger partial charge in [-0.25, -0.2) is 13.1 Å². The standard InChI is InChI=1S/C17H25N5O4S.2ClH/c23-16(5-7-20-27(25,26)15-4-1-6-18-11-15)21-9-2-3-14(13-21)22-10-8-19-12-17(22)24;;/h1,4,6,11,14,19-20H,2-3,5,7-10,12-13H2;2*1H. The third-order valence-electron chi connectivity index (χ3n) is 4.89. The average Bonchev–Trinajstić information content (AvgIpc) is 2.69. The van der Waals surface area contributed by atoms with Crippen LogP contribution in [0, 0.1) is 0 Å². The molecule has 0 radical (unpaired) electrons. The first-order chi connectivity index (χ1) is 13.0. The number of pyridine rings is 1. The quantitative estimate of drug-likeness (QED) is 0.609. The lowest BCUT2D eigenvalue weighted by molar-refractivity contribution is -0.140. The summed E-state index contributed by atoms with van der Waals surface area (Å²) in [5.74, 6) is -0.0269. The summed E-state index contributed by atoms with van der Waals surface area (Å²) in [5.41, 5.74) is 0. The van der Waals surface area contributed by atoms with Crippen LogP contribution in [-0.2, 0) is 19.6 Å². The molecule has 1 atom stereocenters. The molecular formula is C17H27Cl2N5O4S. The summed E-state index contributed by atoms with van der Waals surface area (Å²) < 4.78 is 26.8. The molecule has 2 amide bonds. The molecule has 0 saturated carbocycles. The number of carbonyl (C=O) groups excluding carboxylic acids is 2. The normalized spacial score (nSPS) is 19.9. The average molecular weight is 468 g/mol. The predicted octanol–water partition coefficient (Wildman–Crippen LogP) is 0.0164. The molecule has 2 aliphatic heterocycles. The SMILES string of the molecule is Cl.Cl.O=C(CCNS(=O)(=O)c1cccnc1)N1CCCC(N2CCNCC2=O)C1. The lowest BCUT2D eigenvalue weighted by Gasteiger charge is -2.41. The van der Waals surface area contributed by atoms with Crippen molar-refractivity contribution in [1.82, 2.24) is 24.8 Å². The first kappa shape index (κ1) is 25.6. The van der Waals surface area contributed by atoms with Crippen LogP contribution in [0.3, 0.4) is 0 Å². The number of nitrogens with zero attached hydrogens (tertiary/aromatic N) is 3. The fourth-order valence-electron chi connectivity index (χ4n) is 3.48. The van der Waals surface area contributed by atoms with E-state index in [2.05, 4.69) is 15.0 Å². The number of piperidine rings is 1. The van der Waals surface area contributed by atoms with Gasteiger partial charge in [-0.05, 0) is 25.0 Å². The van der Waals surface area contributed by atoms with E-state index in [0.29, 0.717) is 26.2 Å². The third-order valence-corrected chi connectivity index (χ3v) is 6.34. The van der Waals surface area contributed by atoms with Crippen LogP contribution >= 0.6 is 24.8 Å². The molecule has 2 aliphatic rings. The zero-order valence-electron chi connectivity index (χ0n) is 16.0. The molecule has 3 heterocycles. The van der Waals surface area contributed by atoms with E-state index >= 15 is 0 Å². The molecule has 3 rings (SSSR count). The zero-order chi connectivity index (χ0) is 19.3. The molecule has 12 heteroatoms. The fraction of sp³-hybridized carbons (Fsp3) is 0.588. The van der Waals surface area contributed by atoms with Gasteiger partial charge < -0.3 is 15.1 Å². The number of carbonyl (C=O) groups is 2. The van der Waals surface area contributed by atoms with Crippen molar-refractivity contribution < 1.29 is 18.0 Å². The van der Waals surface area contributed by atoms with E-state index in [9.17, 15) is 18.0 Å². The summed E-state index contributed by atoms with van der Waals surface area (Å²) >= 11 is 0. The van der Waals surface area contributed by atoms with E-state index in [1.165, 1.54) is 18.5 Å². The monoisotopic (exact) mass is 467 g/mol. The molecule has 0 aromatic carbocycles. The molecule has 2 N–H and O–H groups in total. The molecule has 1 unspecified atom stereocenters. The Hall–Kier alpha value is -1.46. The number of rotatable bonds is 6. The van der Waals surface area contributed by atoms with Gasteiger partial charge in [-0.1, -0.05) is 0 Å². The maximum atomic E-state index is 12.5. The van der Waals surface area contributed by atoms with Crippen LogP contribution in [0.1, 0.15) is 19.3 Å². The molecule has 0 bridgehead atoms. The summed E-state index contributed by atoms with van der Waals surface area (Å²) in [6.07, 6.45) is 4.59. The van der Waals surface area contributed by atoms with Gasteiger partial charge >= 0.3 is 0 Å². The minimum Gasteiger partial charge on any atom is -0.341 e. The van der Waals surface area contributed by atoms with E-state index in [0.717, 1.165) is 19.4 Å². The van der Waals surface area contributed by atoms with Crippen molar-refractivity contribution in [2.45, 2.75) is 30.2 Å². The second-order valence-corrected chi connectivity index (χ2v) is 8.50. The van der Waals surface area contributed by atoms with Crippen LogP contribution in [0.15, 0.2) is 29.4 Å². The van der Waals surface area contributed by atoms with Crippen molar-refractivity contribution in [1.29, 1.82) is 0 Å². The number of piperazine rings is 1. The van der Waals surface area contributed by atoms with Crippen molar-refractivity contribution in [3.63, 3.8) is 0 Å². The highest BCUT2D eigenvalue weighted by Crippen LogP contribution is 2.17. The van der Waals surface area contributed by atoms with Crippen molar-refractivity contribution in [3.8, 4) is 0 Å². The van der Waals surface area contributed by atoms with Crippen LogP contribution in [-0.4, -0.2) is 80.3 Å². The molecule has 164 valence electrons. The number of hydrogen-bond donors (Lipinski definition) is 2. The minimum absolute atomic E-state index is 0. The van der Waals surface area contributed by atoms with Gasteiger partial charge in [-0.15, -0.1) is 24.8 Å². The van der Waals surface area contributed by atoms with Crippen LogP contribution < -0.4 is 10.0 Å². The Bertz CT molecular complexity index is 781. The number of sulfonamides is 1. The van der Waals surface area contributed by atoms with Gasteiger partial charge in [0.2, 0.25) is 21.8 Å². The van der Waals surface area contributed by atoms with Crippen molar-refractivity contribution >= 4 is 46.7 Å². The maximum absolute atomic E-state index is 12.5. The van der Waals surface area contributed by atoms with E-state index in [1.54, 1.807) is 11.0 Å². The summed E-state index contributed by atoms with van der Waals surface area (Å²) in [5, 5.41) is 3.05. The maximum Gasteiger partial charge on any atom is 0.242 e. The highest BCUT2D eigenvalue weighted by Gasteiger charge is 2.31.